The zero-order chi connectivity index (χ0) is 25.2. The van der Waals surface area contributed by atoms with Crippen LogP contribution >= 0.6 is 46.0 Å². The molecular formula is C25H18ClN3O4S3. The fourth-order valence-electron chi connectivity index (χ4n) is 3.82. The molecule has 1 N–H and O–H groups in total. The average Bonchev–Trinajstić information content (AvgIpc) is 3.64. The zero-order valence-corrected chi connectivity index (χ0v) is 22.0. The highest BCUT2D eigenvalue weighted by molar-refractivity contribution is 8.00. The van der Waals surface area contributed by atoms with Gasteiger partial charge in [0.25, 0.3) is 5.91 Å². The number of aromatic nitrogens is 2. The van der Waals surface area contributed by atoms with E-state index in [1.165, 1.54) is 46.4 Å². The van der Waals surface area contributed by atoms with E-state index in [2.05, 4.69) is 10.2 Å². The minimum absolute atomic E-state index is 0.00354. The minimum atomic E-state index is -0.892. The summed E-state index contributed by atoms with van der Waals surface area (Å²) in [5.41, 5.74) is 1.55. The first-order valence-corrected chi connectivity index (χ1v) is 13.7. The number of carbonyl (C=O) groups is 2. The summed E-state index contributed by atoms with van der Waals surface area (Å²) in [7, 11) is 1.54. The Bertz CT molecular complexity index is 1470. The molecule has 36 heavy (non-hydrogen) atoms. The molecule has 2 aromatic carbocycles. The molecule has 0 radical (unpaired) electrons. The summed E-state index contributed by atoms with van der Waals surface area (Å²) in [6, 6.07) is 17.1. The molecule has 1 aliphatic rings. The highest BCUT2D eigenvalue weighted by atomic mass is 35.5. The predicted octanol–water partition coefficient (Wildman–Crippen LogP) is 6.34. The molecule has 3 heterocycles. The van der Waals surface area contributed by atoms with Crippen LogP contribution in [0.5, 0.6) is 5.75 Å². The lowest BCUT2D eigenvalue weighted by molar-refractivity contribution is -0.117. The van der Waals surface area contributed by atoms with Crippen molar-refractivity contribution < 1.29 is 19.4 Å². The fraction of sp³-hybridized carbons (Fsp3) is 0.120. The summed E-state index contributed by atoms with van der Waals surface area (Å²) in [4.78, 5) is 28.5. The van der Waals surface area contributed by atoms with Crippen molar-refractivity contribution in [2.75, 3.05) is 12.0 Å². The Morgan fingerprint density at radius 3 is 2.75 bits per heavy atom. The van der Waals surface area contributed by atoms with E-state index in [0.29, 0.717) is 31.3 Å². The number of benzene rings is 2. The van der Waals surface area contributed by atoms with Gasteiger partial charge in [0.2, 0.25) is 10.9 Å². The number of thioether (sulfide) groups is 1. The van der Waals surface area contributed by atoms with Gasteiger partial charge in [-0.1, -0.05) is 71.1 Å². The quantitative estimate of drug-likeness (QED) is 0.154. The molecule has 11 heteroatoms. The number of nitrogens with zero attached hydrogens (tertiary/aromatic N) is 3. The second kappa shape index (κ2) is 10.4. The Balaban J connectivity index is 1.51. The van der Waals surface area contributed by atoms with E-state index < -0.39 is 23.5 Å². The number of ketones is 1. The van der Waals surface area contributed by atoms with Crippen LogP contribution in [0.25, 0.3) is 0 Å². The SMILES string of the molecule is COc1cccc(C2C(C(=O)c3cccs3)=C(O)C(=O)N2c2nnc(SCc3ccccc3Cl)s2)c1. The normalized spacial score (nSPS) is 15.6. The van der Waals surface area contributed by atoms with E-state index in [4.69, 9.17) is 16.3 Å². The maximum atomic E-state index is 13.4. The summed E-state index contributed by atoms with van der Waals surface area (Å²) >= 11 is 10.1. The molecule has 0 saturated heterocycles. The molecule has 0 bridgehead atoms. The van der Waals surface area contributed by atoms with E-state index in [0.717, 1.165) is 5.56 Å². The molecule has 7 nitrogen and oxygen atoms in total. The second-order valence-corrected chi connectivity index (χ2v) is 11.2. The molecule has 182 valence electrons. The number of rotatable bonds is 8. The van der Waals surface area contributed by atoms with Crippen LogP contribution in [-0.2, 0) is 10.5 Å². The lowest BCUT2D eigenvalue weighted by Crippen LogP contribution is -2.31. The van der Waals surface area contributed by atoms with E-state index >= 15 is 0 Å². The first kappa shape index (κ1) is 24.5. The molecule has 1 aliphatic heterocycles. The number of hydrogen-bond acceptors (Lipinski definition) is 9. The van der Waals surface area contributed by atoms with Crippen molar-refractivity contribution in [3.63, 3.8) is 0 Å². The molecule has 0 aliphatic carbocycles. The number of halogens is 1. The lowest BCUT2D eigenvalue weighted by Gasteiger charge is -2.24. The van der Waals surface area contributed by atoms with Crippen molar-refractivity contribution in [3.05, 3.63) is 98.4 Å². The smallest absolute Gasteiger partial charge is 0.296 e. The molecule has 1 atom stereocenters. The maximum Gasteiger partial charge on any atom is 0.296 e. The number of amides is 1. The summed E-state index contributed by atoms with van der Waals surface area (Å²) in [6.45, 7) is 0. The van der Waals surface area contributed by atoms with Crippen LogP contribution in [0.15, 0.2) is 81.7 Å². The summed E-state index contributed by atoms with van der Waals surface area (Å²) in [5, 5.41) is 22.1. The number of thiophene rings is 1. The van der Waals surface area contributed by atoms with Crippen molar-refractivity contribution >= 4 is 62.9 Å². The Morgan fingerprint density at radius 1 is 1.17 bits per heavy atom. The van der Waals surface area contributed by atoms with Gasteiger partial charge in [0, 0.05) is 10.8 Å². The number of aliphatic hydroxyl groups is 1. The molecular weight excluding hydrogens is 538 g/mol. The molecule has 0 spiro atoms. The topological polar surface area (TPSA) is 92.6 Å². The summed E-state index contributed by atoms with van der Waals surface area (Å²) in [6.07, 6.45) is 0. The van der Waals surface area contributed by atoms with E-state index in [1.54, 1.807) is 41.8 Å². The van der Waals surface area contributed by atoms with Crippen molar-refractivity contribution in [1.82, 2.24) is 10.2 Å². The first-order chi connectivity index (χ1) is 17.5. The molecule has 5 rings (SSSR count). The second-order valence-electron chi connectivity index (χ2n) is 7.65. The van der Waals surface area contributed by atoms with Crippen LogP contribution in [-0.4, -0.2) is 34.1 Å². The molecule has 0 fully saturated rings. The Hall–Kier alpha value is -3.18. The lowest BCUT2D eigenvalue weighted by atomic mass is 9.95. The number of anilines is 1. The number of carbonyl (C=O) groups excluding carboxylic acids is 2. The number of ether oxygens (including phenoxy) is 1. The summed E-state index contributed by atoms with van der Waals surface area (Å²) in [5.74, 6) is -0.581. The zero-order valence-electron chi connectivity index (χ0n) is 18.8. The van der Waals surface area contributed by atoms with Crippen LogP contribution < -0.4 is 9.64 Å². The average molecular weight is 556 g/mol. The van der Waals surface area contributed by atoms with E-state index in [9.17, 15) is 14.7 Å². The van der Waals surface area contributed by atoms with Crippen LogP contribution in [0.3, 0.4) is 0 Å². The van der Waals surface area contributed by atoms with Crippen molar-refractivity contribution in [2.45, 2.75) is 16.1 Å². The first-order valence-electron chi connectivity index (χ1n) is 10.7. The monoisotopic (exact) mass is 555 g/mol. The van der Waals surface area contributed by atoms with Gasteiger partial charge < -0.3 is 9.84 Å². The molecule has 2 aromatic heterocycles. The third-order valence-electron chi connectivity index (χ3n) is 5.52. The highest BCUT2D eigenvalue weighted by Gasteiger charge is 2.46. The van der Waals surface area contributed by atoms with E-state index in [-0.39, 0.29) is 10.7 Å². The van der Waals surface area contributed by atoms with Crippen LogP contribution in [0, 0.1) is 0 Å². The predicted molar refractivity (Wildman–Crippen MR) is 142 cm³/mol. The van der Waals surface area contributed by atoms with Gasteiger partial charge in [-0.25, -0.2) is 0 Å². The number of aliphatic hydroxyl groups excluding tert-OH is 1. The van der Waals surface area contributed by atoms with Crippen molar-refractivity contribution in [3.8, 4) is 5.75 Å². The summed E-state index contributed by atoms with van der Waals surface area (Å²) < 4.78 is 5.99. The molecule has 0 saturated carbocycles. The van der Waals surface area contributed by atoms with Crippen LogP contribution in [0.2, 0.25) is 5.02 Å². The fourth-order valence-corrected chi connectivity index (χ4v) is 6.65. The van der Waals surface area contributed by atoms with Gasteiger partial charge in [0.1, 0.15) is 5.75 Å². The Morgan fingerprint density at radius 2 is 2.00 bits per heavy atom. The molecule has 1 amide bonds. The Labute approximate surface area is 224 Å². The third kappa shape index (κ3) is 4.64. The van der Waals surface area contributed by atoms with Crippen molar-refractivity contribution in [2.24, 2.45) is 0 Å². The van der Waals surface area contributed by atoms with Gasteiger partial charge in [-0.15, -0.1) is 21.5 Å². The number of methoxy groups -OCH3 is 1. The minimum Gasteiger partial charge on any atom is -0.503 e. The van der Waals surface area contributed by atoms with Gasteiger partial charge in [-0.05, 0) is 40.8 Å². The largest absolute Gasteiger partial charge is 0.503 e. The number of Topliss-reactive ketones (excluding diaryl/α,β-unsaturated/α-hetero) is 1. The van der Waals surface area contributed by atoms with Crippen LogP contribution in [0.4, 0.5) is 5.13 Å². The number of hydrogen-bond donors (Lipinski definition) is 1. The molecule has 4 aromatic rings. The van der Waals surface area contributed by atoms with Gasteiger partial charge in [-0.2, -0.15) is 0 Å². The van der Waals surface area contributed by atoms with Gasteiger partial charge in [0.15, 0.2) is 10.1 Å². The Kier molecular flexibility index (Phi) is 7.10. The van der Waals surface area contributed by atoms with Crippen molar-refractivity contribution in [1.29, 1.82) is 0 Å². The highest BCUT2D eigenvalue weighted by Crippen LogP contribution is 2.44. The standard InChI is InChI=1S/C25H18ClN3O4S3/c1-33-16-8-4-7-14(12-16)20-19(21(30)18-10-5-11-34-18)22(31)23(32)29(20)24-27-28-25(36-24)35-13-15-6-2-3-9-17(15)26/h2-12,20,31H,13H2,1H3. The maximum absolute atomic E-state index is 13.4. The molecule has 1 unspecified atom stereocenters. The van der Waals surface area contributed by atoms with E-state index in [1.807, 2.05) is 24.3 Å². The van der Waals surface area contributed by atoms with Gasteiger partial charge in [0.05, 0.1) is 23.6 Å². The van der Waals surface area contributed by atoms with Gasteiger partial charge in [-0.3, -0.25) is 14.5 Å². The third-order valence-corrected chi connectivity index (χ3v) is 8.86. The van der Waals surface area contributed by atoms with Gasteiger partial charge >= 0.3 is 0 Å². The van der Waals surface area contributed by atoms with Crippen LogP contribution in [0.1, 0.15) is 26.8 Å².